The zero-order chi connectivity index (χ0) is 21.0. The number of carbonyl (C=O) groups excluding carboxylic acids is 3. The molecule has 0 aliphatic carbocycles. The highest BCUT2D eigenvalue weighted by molar-refractivity contribution is 8.01. The first kappa shape index (κ1) is 20.9. The Hall–Kier alpha value is -2.81. The highest BCUT2D eigenvalue weighted by Gasteiger charge is 2.23. The molecule has 1 fully saturated rings. The molecule has 0 spiro atoms. The van der Waals surface area contributed by atoms with Gasteiger partial charge in [-0.25, -0.2) is 0 Å². The molecule has 1 aliphatic rings. The number of aryl methyl sites for hydroxylation is 2. The van der Waals surface area contributed by atoms with Crippen molar-refractivity contribution in [2.75, 3.05) is 27.8 Å². The lowest BCUT2D eigenvalue weighted by atomic mass is 10.1. The van der Waals surface area contributed by atoms with Gasteiger partial charge in [-0.15, -0.1) is 11.8 Å². The molecule has 0 saturated carbocycles. The van der Waals surface area contributed by atoms with E-state index in [1.807, 2.05) is 19.1 Å². The molecular formula is C20H24N4O4S. The molecule has 154 valence electrons. The molecule has 0 unspecified atom stereocenters. The summed E-state index contributed by atoms with van der Waals surface area (Å²) >= 11 is 1.23. The third-order valence-electron chi connectivity index (χ3n) is 4.56. The Morgan fingerprint density at radius 2 is 2.07 bits per heavy atom. The quantitative estimate of drug-likeness (QED) is 0.719. The largest absolute Gasteiger partial charge is 0.360 e. The van der Waals surface area contributed by atoms with Crippen molar-refractivity contribution in [3.63, 3.8) is 0 Å². The number of rotatable bonds is 7. The smallest absolute Gasteiger partial charge is 0.238 e. The monoisotopic (exact) mass is 416 g/mol. The number of amides is 3. The first-order valence-corrected chi connectivity index (χ1v) is 10.4. The van der Waals surface area contributed by atoms with Crippen molar-refractivity contribution in [2.45, 2.75) is 38.9 Å². The van der Waals surface area contributed by atoms with E-state index in [0.29, 0.717) is 23.7 Å². The Bertz CT molecular complexity index is 927. The van der Waals surface area contributed by atoms with Crippen LogP contribution in [0.5, 0.6) is 0 Å². The molecule has 0 bridgehead atoms. The van der Waals surface area contributed by atoms with E-state index in [2.05, 4.69) is 15.8 Å². The van der Waals surface area contributed by atoms with Crippen LogP contribution in [0.3, 0.4) is 0 Å². The maximum atomic E-state index is 12.3. The summed E-state index contributed by atoms with van der Waals surface area (Å²) in [6.07, 6.45) is 1.45. The van der Waals surface area contributed by atoms with Crippen molar-refractivity contribution in [3.8, 4) is 0 Å². The number of aromatic nitrogens is 1. The molecule has 1 saturated heterocycles. The summed E-state index contributed by atoms with van der Waals surface area (Å²) in [5, 5.41) is 8.78. The van der Waals surface area contributed by atoms with Crippen LogP contribution < -0.4 is 15.5 Å². The summed E-state index contributed by atoms with van der Waals surface area (Å²) in [5.74, 6) is 0.793. The second-order valence-electron chi connectivity index (χ2n) is 6.96. The van der Waals surface area contributed by atoms with Crippen LogP contribution in [-0.4, -0.2) is 40.4 Å². The SMILES string of the molecule is Cc1cc(NC(=O)[C@@H](C)SCC(=O)Nc2ccc(N3CCCC3=O)c(C)c2)no1. The molecule has 1 aromatic carbocycles. The maximum Gasteiger partial charge on any atom is 0.238 e. The molecule has 9 heteroatoms. The topological polar surface area (TPSA) is 105 Å². The standard InChI is InChI=1S/C20H24N4O4S/c1-12-9-15(6-7-16(12)24-8-4-5-19(24)26)21-18(25)11-29-14(3)20(27)22-17-10-13(2)28-23-17/h6-7,9-10,14H,4-5,8,11H2,1-3H3,(H,21,25)(H,22,23,27)/t14-/m1/s1. The van der Waals surface area contributed by atoms with Gasteiger partial charge in [-0.2, -0.15) is 0 Å². The number of thioether (sulfide) groups is 1. The molecule has 3 amide bonds. The second kappa shape index (κ2) is 9.13. The minimum absolute atomic E-state index is 0.134. The van der Waals surface area contributed by atoms with Crippen LogP contribution in [0, 0.1) is 13.8 Å². The number of nitrogens with zero attached hydrogens (tertiary/aromatic N) is 2. The van der Waals surface area contributed by atoms with Crippen molar-refractivity contribution >= 4 is 46.7 Å². The number of benzene rings is 1. The second-order valence-corrected chi connectivity index (χ2v) is 8.29. The lowest BCUT2D eigenvalue weighted by Crippen LogP contribution is -2.25. The first-order valence-electron chi connectivity index (χ1n) is 9.40. The van der Waals surface area contributed by atoms with Gasteiger partial charge < -0.3 is 20.1 Å². The van der Waals surface area contributed by atoms with Crippen molar-refractivity contribution in [1.29, 1.82) is 0 Å². The molecule has 2 heterocycles. The van der Waals surface area contributed by atoms with Crippen LogP contribution in [0.1, 0.15) is 31.1 Å². The van der Waals surface area contributed by atoms with E-state index in [0.717, 1.165) is 24.2 Å². The van der Waals surface area contributed by atoms with Gasteiger partial charge in [0.1, 0.15) is 5.76 Å². The van der Waals surface area contributed by atoms with E-state index in [4.69, 9.17) is 4.52 Å². The van der Waals surface area contributed by atoms with Gasteiger partial charge in [0.05, 0.1) is 11.0 Å². The van der Waals surface area contributed by atoms with Gasteiger partial charge in [0.2, 0.25) is 17.7 Å². The maximum absolute atomic E-state index is 12.3. The molecule has 29 heavy (non-hydrogen) atoms. The number of nitrogens with one attached hydrogen (secondary N) is 2. The van der Waals surface area contributed by atoms with E-state index in [-0.39, 0.29) is 23.5 Å². The minimum atomic E-state index is -0.428. The van der Waals surface area contributed by atoms with E-state index < -0.39 is 5.25 Å². The van der Waals surface area contributed by atoms with E-state index in [9.17, 15) is 14.4 Å². The molecule has 8 nitrogen and oxygen atoms in total. The Kier molecular flexibility index (Phi) is 6.58. The number of carbonyl (C=O) groups is 3. The van der Waals surface area contributed by atoms with Crippen LogP contribution in [0.25, 0.3) is 0 Å². The van der Waals surface area contributed by atoms with Crippen LogP contribution in [0.4, 0.5) is 17.2 Å². The average Bonchev–Trinajstić information content (AvgIpc) is 3.28. The van der Waals surface area contributed by atoms with E-state index in [1.165, 1.54) is 11.8 Å². The number of anilines is 3. The highest BCUT2D eigenvalue weighted by Crippen LogP contribution is 2.27. The minimum Gasteiger partial charge on any atom is -0.360 e. The molecular weight excluding hydrogens is 392 g/mol. The predicted molar refractivity (Wildman–Crippen MR) is 113 cm³/mol. The van der Waals surface area contributed by atoms with Gasteiger partial charge in [0.25, 0.3) is 0 Å². The van der Waals surface area contributed by atoms with Gasteiger partial charge in [-0.3, -0.25) is 14.4 Å². The van der Waals surface area contributed by atoms with Gasteiger partial charge in [-0.1, -0.05) is 5.16 Å². The molecule has 1 atom stereocenters. The molecule has 2 aromatic rings. The Morgan fingerprint density at radius 3 is 2.69 bits per heavy atom. The van der Waals surface area contributed by atoms with Gasteiger partial charge in [0.15, 0.2) is 5.82 Å². The Balaban J connectivity index is 1.49. The molecule has 3 rings (SSSR count). The summed E-state index contributed by atoms with van der Waals surface area (Å²) in [7, 11) is 0. The molecule has 0 radical (unpaired) electrons. The molecule has 2 N–H and O–H groups in total. The van der Waals surface area contributed by atoms with Gasteiger partial charge in [0, 0.05) is 30.4 Å². The zero-order valence-corrected chi connectivity index (χ0v) is 17.5. The molecule has 1 aromatic heterocycles. The third kappa shape index (κ3) is 5.38. The van der Waals surface area contributed by atoms with Gasteiger partial charge in [-0.05, 0) is 51.0 Å². The summed E-state index contributed by atoms with van der Waals surface area (Å²) in [5.41, 5.74) is 2.48. The zero-order valence-electron chi connectivity index (χ0n) is 16.7. The molecule has 1 aliphatic heterocycles. The number of hydrogen-bond donors (Lipinski definition) is 2. The van der Waals surface area contributed by atoms with Crippen LogP contribution in [-0.2, 0) is 14.4 Å². The van der Waals surface area contributed by atoms with Crippen molar-refractivity contribution in [3.05, 3.63) is 35.6 Å². The summed E-state index contributed by atoms with van der Waals surface area (Å²) in [6.45, 7) is 6.12. The van der Waals surface area contributed by atoms with Crippen molar-refractivity contribution in [2.24, 2.45) is 0 Å². The van der Waals surface area contributed by atoms with Crippen molar-refractivity contribution < 1.29 is 18.9 Å². The van der Waals surface area contributed by atoms with Gasteiger partial charge >= 0.3 is 0 Å². The van der Waals surface area contributed by atoms with Crippen LogP contribution in [0.2, 0.25) is 0 Å². The average molecular weight is 417 g/mol. The number of hydrogen-bond acceptors (Lipinski definition) is 6. The van der Waals surface area contributed by atoms with Crippen LogP contribution in [0.15, 0.2) is 28.8 Å². The normalized spacial score (nSPS) is 14.7. The van der Waals surface area contributed by atoms with E-state index in [1.54, 1.807) is 30.9 Å². The fourth-order valence-electron chi connectivity index (χ4n) is 3.07. The first-order chi connectivity index (χ1) is 13.8. The Morgan fingerprint density at radius 1 is 1.28 bits per heavy atom. The summed E-state index contributed by atoms with van der Waals surface area (Å²) < 4.78 is 4.91. The van der Waals surface area contributed by atoms with Crippen molar-refractivity contribution in [1.82, 2.24) is 5.16 Å². The highest BCUT2D eigenvalue weighted by atomic mass is 32.2. The fraction of sp³-hybridized carbons (Fsp3) is 0.400. The third-order valence-corrected chi connectivity index (χ3v) is 5.70. The van der Waals surface area contributed by atoms with Crippen LogP contribution >= 0.6 is 11.8 Å². The summed E-state index contributed by atoms with van der Waals surface area (Å²) in [6, 6.07) is 7.13. The Labute approximate surface area is 173 Å². The summed E-state index contributed by atoms with van der Waals surface area (Å²) in [4.78, 5) is 38.1. The lowest BCUT2D eigenvalue weighted by molar-refractivity contribution is -0.117. The lowest BCUT2D eigenvalue weighted by Gasteiger charge is -2.19. The van der Waals surface area contributed by atoms with E-state index >= 15 is 0 Å². The fourth-order valence-corrected chi connectivity index (χ4v) is 3.75. The predicted octanol–water partition coefficient (Wildman–Crippen LogP) is 3.12.